The van der Waals surface area contributed by atoms with Gasteiger partial charge in [-0.05, 0) is 31.4 Å². The van der Waals surface area contributed by atoms with Crippen molar-refractivity contribution in [2.24, 2.45) is 0 Å². The van der Waals surface area contributed by atoms with Crippen molar-refractivity contribution < 1.29 is 9.90 Å². The number of likely N-dealkylation sites (N-methyl/N-ethyl adjacent to an activating group) is 1. The van der Waals surface area contributed by atoms with Gasteiger partial charge < -0.3 is 14.9 Å². The number of aliphatic hydroxyl groups excluding tert-OH is 1. The molecule has 1 aromatic heterocycles. The fourth-order valence-electron chi connectivity index (χ4n) is 2.22. The molecule has 0 spiro atoms. The number of aliphatic hydroxyl groups is 1. The van der Waals surface area contributed by atoms with Gasteiger partial charge in [0.25, 0.3) is 0 Å². The number of rotatable bonds is 4. The Bertz CT molecular complexity index is 425. The summed E-state index contributed by atoms with van der Waals surface area (Å²) in [4.78, 5) is 20.0. The molecule has 0 radical (unpaired) electrons. The van der Waals surface area contributed by atoms with Gasteiger partial charge in [-0.1, -0.05) is 6.07 Å². The van der Waals surface area contributed by atoms with Crippen LogP contribution < -0.4 is 4.90 Å². The Labute approximate surface area is 113 Å². The van der Waals surface area contributed by atoms with Crippen LogP contribution in [0.25, 0.3) is 0 Å². The fourth-order valence-corrected chi connectivity index (χ4v) is 2.22. The number of carbonyl (C=O) groups excluding carboxylic acids is 1. The van der Waals surface area contributed by atoms with Crippen LogP contribution in [0.3, 0.4) is 0 Å². The van der Waals surface area contributed by atoms with Gasteiger partial charge in [-0.25, -0.2) is 4.98 Å². The number of hydrogen-bond acceptors (Lipinski definition) is 4. The zero-order valence-electron chi connectivity index (χ0n) is 11.5. The molecule has 2 heterocycles. The zero-order chi connectivity index (χ0) is 13.8. The third-order valence-electron chi connectivity index (χ3n) is 3.48. The molecule has 104 valence electrons. The summed E-state index contributed by atoms with van der Waals surface area (Å²) in [6.45, 7) is 3.81. The molecule has 1 aromatic rings. The van der Waals surface area contributed by atoms with Crippen LogP contribution in [0.1, 0.15) is 31.4 Å². The van der Waals surface area contributed by atoms with E-state index in [0.717, 1.165) is 37.3 Å². The van der Waals surface area contributed by atoms with Gasteiger partial charge in [0.2, 0.25) is 5.91 Å². The molecular formula is C14H21N3O2. The summed E-state index contributed by atoms with van der Waals surface area (Å²) in [6, 6.07) is 3.67. The van der Waals surface area contributed by atoms with E-state index in [1.165, 1.54) is 0 Å². The number of aromatic nitrogens is 1. The van der Waals surface area contributed by atoms with Gasteiger partial charge in [-0.3, -0.25) is 4.79 Å². The molecule has 1 unspecified atom stereocenters. The largest absolute Gasteiger partial charge is 0.389 e. The number of likely N-dealkylation sites (tertiary alicyclic amines) is 1. The highest BCUT2D eigenvalue weighted by molar-refractivity contribution is 5.81. The molecule has 1 saturated heterocycles. The first-order valence-electron chi connectivity index (χ1n) is 6.71. The van der Waals surface area contributed by atoms with Crippen molar-refractivity contribution in [2.75, 3.05) is 31.6 Å². The van der Waals surface area contributed by atoms with E-state index in [1.807, 2.05) is 29.0 Å². The number of carbonyl (C=O) groups is 1. The highest BCUT2D eigenvalue weighted by atomic mass is 16.3. The zero-order valence-corrected chi connectivity index (χ0v) is 11.5. The molecule has 19 heavy (non-hydrogen) atoms. The van der Waals surface area contributed by atoms with Crippen molar-refractivity contribution in [3.63, 3.8) is 0 Å². The van der Waals surface area contributed by atoms with Crippen LogP contribution in [0, 0.1) is 0 Å². The van der Waals surface area contributed by atoms with Gasteiger partial charge in [-0.15, -0.1) is 0 Å². The minimum atomic E-state index is -0.516. The lowest BCUT2D eigenvalue weighted by molar-refractivity contribution is -0.128. The minimum Gasteiger partial charge on any atom is -0.389 e. The summed E-state index contributed by atoms with van der Waals surface area (Å²) in [5, 5.41) is 9.43. The lowest BCUT2D eigenvalue weighted by Gasteiger charge is -2.22. The Morgan fingerprint density at radius 3 is 2.68 bits per heavy atom. The maximum absolute atomic E-state index is 12.0. The summed E-state index contributed by atoms with van der Waals surface area (Å²) < 4.78 is 0. The average Bonchev–Trinajstić information content (AvgIpc) is 2.92. The monoisotopic (exact) mass is 263 g/mol. The maximum Gasteiger partial charge on any atom is 0.242 e. The first-order valence-corrected chi connectivity index (χ1v) is 6.71. The predicted octanol–water partition coefficient (Wildman–Crippen LogP) is 1.19. The van der Waals surface area contributed by atoms with E-state index in [4.69, 9.17) is 0 Å². The second kappa shape index (κ2) is 6.02. The summed E-state index contributed by atoms with van der Waals surface area (Å²) in [6.07, 6.45) is 3.35. The lowest BCUT2D eigenvalue weighted by atomic mass is 10.2. The van der Waals surface area contributed by atoms with Crippen molar-refractivity contribution in [3.8, 4) is 0 Å². The molecule has 1 N–H and O–H groups in total. The van der Waals surface area contributed by atoms with E-state index in [0.29, 0.717) is 6.54 Å². The number of hydrogen-bond donors (Lipinski definition) is 1. The molecular weight excluding hydrogens is 242 g/mol. The Kier molecular flexibility index (Phi) is 4.37. The Balaban J connectivity index is 1.95. The van der Waals surface area contributed by atoms with E-state index in [-0.39, 0.29) is 5.91 Å². The maximum atomic E-state index is 12.0. The number of pyridine rings is 1. The minimum absolute atomic E-state index is 0.154. The summed E-state index contributed by atoms with van der Waals surface area (Å²) >= 11 is 0. The second-order valence-electron chi connectivity index (χ2n) is 5.07. The first kappa shape index (κ1) is 13.8. The number of anilines is 1. The summed E-state index contributed by atoms with van der Waals surface area (Å²) in [5.74, 6) is 0.901. The smallest absolute Gasteiger partial charge is 0.242 e. The Morgan fingerprint density at radius 2 is 2.16 bits per heavy atom. The van der Waals surface area contributed by atoms with Crippen molar-refractivity contribution in [1.82, 2.24) is 9.88 Å². The van der Waals surface area contributed by atoms with E-state index in [1.54, 1.807) is 13.1 Å². The first-order chi connectivity index (χ1) is 9.08. The topological polar surface area (TPSA) is 56.7 Å². The van der Waals surface area contributed by atoms with Crippen molar-refractivity contribution in [1.29, 1.82) is 0 Å². The molecule has 1 atom stereocenters. The van der Waals surface area contributed by atoms with Crippen LogP contribution in [0.4, 0.5) is 5.82 Å². The van der Waals surface area contributed by atoms with Crippen LogP contribution in [-0.4, -0.2) is 47.6 Å². The average molecular weight is 263 g/mol. The number of amides is 1. The van der Waals surface area contributed by atoms with Crippen molar-refractivity contribution in [2.45, 2.75) is 25.9 Å². The predicted molar refractivity (Wildman–Crippen MR) is 74.0 cm³/mol. The molecule has 1 aliphatic rings. The van der Waals surface area contributed by atoms with Crippen molar-refractivity contribution >= 4 is 11.7 Å². The van der Waals surface area contributed by atoms with Crippen molar-refractivity contribution in [3.05, 3.63) is 23.9 Å². The molecule has 0 saturated carbocycles. The van der Waals surface area contributed by atoms with Crippen LogP contribution in [0.5, 0.6) is 0 Å². The molecule has 5 nitrogen and oxygen atoms in total. The highest BCUT2D eigenvalue weighted by Gasteiger charge is 2.19. The third-order valence-corrected chi connectivity index (χ3v) is 3.48. The summed E-state index contributed by atoms with van der Waals surface area (Å²) in [7, 11) is 1.86. The third kappa shape index (κ3) is 3.44. The molecule has 1 fully saturated rings. The van der Waals surface area contributed by atoms with Gasteiger partial charge in [0.15, 0.2) is 0 Å². The van der Waals surface area contributed by atoms with Gasteiger partial charge >= 0.3 is 0 Å². The molecule has 0 bridgehead atoms. The van der Waals surface area contributed by atoms with Gasteiger partial charge in [0.05, 0.1) is 12.6 Å². The van der Waals surface area contributed by atoms with Crippen LogP contribution in [-0.2, 0) is 4.79 Å². The molecule has 1 amide bonds. The normalized spacial score (nSPS) is 16.5. The lowest BCUT2D eigenvalue weighted by Crippen LogP contribution is -2.37. The van der Waals surface area contributed by atoms with E-state index >= 15 is 0 Å². The standard InChI is InChI=1S/C14H21N3O2/c1-11(18)12-5-6-13(15-9-12)16(2)10-14(19)17-7-3-4-8-17/h5-6,9,11,18H,3-4,7-8,10H2,1-2H3. The Morgan fingerprint density at radius 1 is 1.47 bits per heavy atom. The second-order valence-corrected chi connectivity index (χ2v) is 5.07. The van der Waals surface area contributed by atoms with Gasteiger partial charge in [0.1, 0.15) is 5.82 Å². The molecule has 5 heteroatoms. The summed E-state index contributed by atoms with van der Waals surface area (Å²) in [5.41, 5.74) is 0.781. The van der Waals surface area contributed by atoms with E-state index < -0.39 is 6.10 Å². The number of nitrogens with zero attached hydrogens (tertiary/aromatic N) is 3. The van der Waals surface area contributed by atoms with Crippen LogP contribution in [0.15, 0.2) is 18.3 Å². The Hall–Kier alpha value is -1.62. The van der Waals surface area contributed by atoms with Gasteiger partial charge in [0, 0.05) is 26.3 Å². The molecule has 2 rings (SSSR count). The van der Waals surface area contributed by atoms with Gasteiger partial charge in [-0.2, -0.15) is 0 Å². The van der Waals surface area contributed by atoms with Crippen LogP contribution >= 0.6 is 0 Å². The fraction of sp³-hybridized carbons (Fsp3) is 0.571. The van der Waals surface area contributed by atoms with E-state index in [2.05, 4.69) is 4.98 Å². The quantitative estimate of drug-likeness (QED) is 0.886. The molecule has 0 aromatic carbocycles. The van der Waals surface area contributed by atoms with Crippen LogP contribution in [0.2, 0.25) is 0 Å². The molecule has 1 aliphatic heterocycles. The SMILES string of the molecule is CC(O)c1ccc(N(C)CC(=O)N2CCCC2)nc1. The van der Waals surface area contributed by atoms with E-state index in [9.17, 15) is 9.90 Å². The highest BCUT2D eigenvalue weighted by Crippen LogP contribution is 2.15. The molecule has 0 aliphatic carbocycles.